The molecule has 0 fully saturated rings. The highest BCUT2D eigenvalue weighted by Gasteiger charge is 2.34. The minimum absolute atomic E-state index is 0.0181. The second kappa shape index (κ2) is 4.88. The van der Waals surface area contributed by atoms with Gasteiger partial charge in [-0.25, -0.2) is 0 Å². The van der Waals surface area contributed by atoms with Gasteiger partial charge >= 0.3 is 0 Å². The van der Waals surface area contributed by atoms with E-state index in [0.29, 0.717) is 5.56 Å². The van der Waals surface area contributed by atoms with Gasteiger partial charge in [0.15, 0.2) is 0 Å². The first-order valence-corrected chi connectivity index (χ1v) is 7.26. The molecule has 0 N–H and O–H groups in total. The van der Waals surface area contributed by atoms with E-state index >= 15 is 0 Å². The highest BCUT2D eigenvalue weighted by Crippen LogP contribution is 2.37. The Morgan fingerprint density at radius 1 is 0.955 bits per heavy atom. The lowest BCUT2D eigenvalue weighted by Gasteiger charge is -2.19. The van der Waals surface area contributed by atoms with Gasteiger partial charge in [-0.1, -0.05) is 54.6 Å². The molecule has 1 heterocycles. The quantitative estimate of drug-likeness (QED) is 0.671. The minimum atomic E-state index is -0.608. The number of para-hydroxylation sites is 2. The molecule has 0 aliphatic carbocycles. The van der Waals surface area contributed by atoms with Gasteiger partial charge in [0.1, 0.15) is 5.75 Å². The Balaban J connectivity index is 1.77. The number of anilines is 1. The van der Waals surface area contributed by atoms with Crippen LogP contribution in [0.2, 0.25) is 0 Å². The topological polar surface area (TPSA) is 29.5 Å². The zero-order chi connectivity index (χ0) is 15.1. The van der Waals surface area contributed by atoms with E-state index in [1.54, 1.807) is 0 Å². The summed E-state index contributed by atoms with van der Waals surface area (Å²) in [6.45, 7) is 0. The molecule has 22 heavy (non-hydrogen) atoms. The summed E-state index contributed by atoms with van der Waals surface area (Å²) >= 11 is 0. The lowest BCUT2D eigenvalue weighted by atomic mass is 10.0. The second-order valence-corrected chi connectivity index (χ2v) is 5.44. The Morgan fingerprint density at radius 2 is 1.68 bits per heavy atom. The zero-order valence-electron chi connectivity index (χ0n) is 12.2. The number of benzene rings is 3. The predicted molar refractivity (Wildman–Crippen MR) is 87.5 cm³/mol. The monoisotopic (exact) mass is 289 g/mol. The smallest absolute Gasteiger partial charge is 0.236 e. The maximum atomic E-state index is 13.0. The summed E-state index contributed by atoms with van der Waals surface area (Å²) in [5, 5.41) is 2.02. The number of rotatable bonds is 2. The largest absolute Gasteiger partial charge is 0.461 e. The number of Topliss-reactive ketones (excluding diaryl/α,β-unsaturated/α-hetero) is 1. The third-order valence-electron chi connectivity index (χ3n) is 4.11. The lowest BCUT2D eigenvalue weighted by Crippen LogP contribution is -2.38. The van der Waals surface area contributed by atoms with Crippen molar-refractivity contribution in [1.82, 2.24) is 0 Å². The Bertz CT molecular complexity index is 867. The molecule has 3 heteroatoms. The van der Waals surface area contributed by atoms with Crippen LogP contribution in [0.25, 0.3) is 10.8 Å². The zero-order valence-corrected chi connectivity index (χ0v) is 12.2. The van der Waals surface area contributed by atoms with E-state index in [2.05, 4.69) is 0 Å². The van der Waals surface area contributed by atoms with Crippen LogP contribution in [0.5, 0.6) is 5.75 Å². The summed E-state index contributed by atoms with van der Waals surface area (Å²) in [5.74, 6) is 0.735. The van der Waals surface area contributed by atoms with Crippen molar-refractivity contribution in [3.8, 4) is 5.75 Å². The normalized spacial score (nSPS) is 16.4. The summed E-state index contributed by atoms with van der Waals surface area (Å²) < 4.78 is 5.86. The number of hydrogen-bond acceptors (Lipinski definition) is 3. The molecule has 0 saturated carbocycles. The van der Waals surface area contributed by atoms with Gasteiger partial charge in [0.25, 0.3) is 0 Å². The second-order valence-electron chi connectivity index (χ2n) is 5.44. The van der Waals surface area contributed by atoms with Gasteiger partial charge in [0.05, 0.1) is 5.69 Å². The van der Waals surface area contributed by atoms with Gasteiger partial charge in [-0.05, 0) is 22.9 Å². The van der Waals surface area contributed by atoms with E-state index in [-0.39, 0.29) is 5.78 Å². The Labute approximate surface area is 128 Å². The van der Waals surface area contributed by atoms with Crippen LogP contribution in [0, 0.1) is 0 Å². The van der Waals surface area contributed by atoms with E-state index in [1.165, 1.54) is 0 Å². The predicted octanol–water partition coefficient (Wildman–Crippen LogP) is 3.88. The van der Waals surface area contributed by atoms with E-state index in [0.717, 1.165) is 22.2 Å². The molecule has 0 spiro atoms. The fourth-order valence-electron chi connectivity index (χ4n) is 2.98. The van der Waals surface area contributed by atoms with Crippen molar-refractivity contribution < 1.29 is 9.53 Å². The van der Waals surface area contributed by atoms with Crippen LogP contribution in [0.4, 0.5) is 5.69 Å². The van der Waals surface area contributed by atoms with Gasteiger partial charge in [0.2, 0.25) is 12.0 Å². The Hall–Kier alpha value is -2.81. The molecule has 1 aliphatic heterocycles. The summed E-state index contributed by atoms with van der Waals surface area (Å²) in [6, 6.07) is 21.4. The molecule has 3 nitrogen and oxygen atoms in total. The Morgan fingerprint density at radius 3 is 2.55 bits per heavy atom. The third-order valence-corrected chi connectivity index (χ3v) is 4.11. The molecule has 1 unspecified atom stereocenters. The van der Waals surface area contributed by atoms with Crippen molar-refractivity contribution in [3.63, 3.8) is 0 Å². The van der Waals surface area contributed by atoms with Crippen LogP contribution in [-0.2, 0) is 0 Å². The summed E-state index contributed by atoms with van der Waals surface area (Å²) in [4.78, 5) is 14.9. The van der Waals surface area contributed by atoms with Crippen molar-refractivity contribution in [2.45, 2.75) is 6.23 Å². The van der Waals surface area contributed by atoms with E-state index in [9.17, 15) is 4.79 Å². The average molecular weight is 289 g/mol. The van der Waals surface area contributed by atoms with Gasteiger partial charge in [0, 0.05) is 12.6 Å². The molecular formula is C19H15NO2. The number of fused-ring (bicyclic) bond motifs is 2. The van der Waals surface area contributed by atoms with Gasteiger partial charge < -0.3 is 9.64 Å². The molecule has 3 aromatic carbocycles. The Kier molecular flexibility index (Phi) is 2.86. The highest BCUT2D eigenvalue weighted by molar-refractivity contribution is 6.11. The van der Waals surface area contributed by atoms with Crippen LogP contribution in [-0.4, -0.2) is 19.1 Å². The first-order chi connectivity index (χ1) is 10.8. The van der Waals surface area contributed by atoms with Crippen LogP contribution in [0.15, 0.2) is 66.7 Å². The molecule has 0 saturated heterocycles. The summed E-state index contributed by atoms with van der Waals surface area (Å²) in [5.41, 5.74) is 1.64. The van der Waals surface area contributed by atoms with Gasteiger partial charge in [-0.2, -0.15) is 0 Å². The van der Waals surface area contributed by atoms with Crippen LogP contribution in [0.3, 0.4) is 0 Å². The fraction of sp³-hybridized carbons (Fsp3) is 0.105. The number of carbonyl (C=O) groups excluding carboxylic acids is 1. The number of carbonyl (C=O) groups is 1. The molecule has 1 atom stereocenters. The summed E-state index contributed by atoms with van der Waals surface area (Å²) in [6.07, 6.45) is -0.608. The molecule has 1 aliphatic rings. The summed E-state index contributed by atoms with van der Waals surface area (Å²) in [7, 11) is 1.89. The number of ether oxygens (including phenoxy) is 1. The van der Waals surface area contributed by atoms with Crippen molar-refractivity contribution in [3.05, 3.63) is 72.3 Å². The van der Waals surface area contributed by atoms with E-state index < -0.39 is 6.23 Å². The molecule has 0 bridgehead atoms. The van der Waals surface area contributed by atoms with Crippen molar-refractivity contribution in [2.75, 3.05) is 11.9 Å². The molecule has 108 valence electrons. The van der Waals surface area contributed by atoms with Crippen molar-refractivity contribution >= 4 is 22.2 Å². The molecular weight excluding hydrogens is 274 g/mol. The minimum Gasteiger partial charge on any atom is -0.461 e. The lowest BCUT2D eigenvalue weighted by molar-refractivity contribution is 0.0824. The molecule has 3 aromatic rings. The first kappa shape index (κ1) is 12.9. The maximum absolute atomic E-state index is 13.0. The third kappa shape index (κ3) is 1.86. The van der Waals surface area contributed by atoms with Crippen LogP contribution < -0.4 is 9.64 Å². The number of nitrogens with zero attached hydrogens (tertiary/aromatic N) is 1. The maximum Gasteiger partial charge on any atom is 0.236 e. The van der Waals surface area contributed by atoms with E-state index in [1.807, 2.05) is 78.7 Å². The van der Waals surface area contributed by atoms with E-state index in [4.69, 9.17) is 4.74 Å². The number of likely N-dealkylation sites (N-methyl/N-ethyl adjacent to an activating group) is 1. The first-order valence-electron chi connectivity index (χ1n) is 7.26. The van der Waals surface area contributed by atoms with Crippen molar-refractivity contribution in [2.24, 2.45) is 0 Å². The molecule has 0 aromatic heterocycles. The number of ketones is 1. The average Bonchev–Trinajstić information content (AvgIpc) is 2.91. The SMILES string of the molecule is CN1c2ccccc2OC1C(=O)c1cccc2ccccc12. The molecule has 4 rings (SSSR count). The van der Waals surface area contributed by atoms with Gasteiger partial charge in [-0.15, -0.1) is 0 Å². The van der Waals surface area contributed by atoms with Gasteiger partial charge in [-0.3, -0.25) is 4.79 Å². The molecule has 0 amide bonds. The fourth-order valence-corrected chi connectivity index (χ4v) is 2.98. The van der Waals surface area contributed by atoms with Crippen LogP contribution in [0.1, 0.15) is 10.4 Å². The van der Waals surface area contributed by atoms with Crippen LogP contribution >= 0.6 is 0 Å². The van der Waals surface area contributed by atoms with Crippen molar-refractivity contribution in [1.29, 1.82) is 0 Å². The molecule has 0 radical (unpaired) electrons. The standard InChI is InChI=1S/C19H15NO2/c1-20-16-11-4-5-12-17(16)22-19(20)18(21)15-10-6-8-13-7-2-3-9-14(13)15/h2-12,19H,1H3. The highest BCUT2D eigenvalue weighted by atomic mass is 16.5. The number of hydrogen-bond donors (Lipinski definition) is 0.